The fourth-order valence-corrected chi connectivity index (χ4v) is 1.39. The van der Waals surface area contributed by atoms with E-state index in [1.807, 2.05) is 0 Å². The van der Waals surface area contributed by atoms with Crippen LogP contribution in [-0.4, -0.2) is 50.7 Å². The molecule has 1 aromatic rings. The molecule has 0 unspecified atom stereocenters. The van der Waals surface area contributed by atoms with Gasteiger partial charge in [0, 0.05) is 12.7 Å². The molecule has 2 N–H and O–H groups in total. The Morgan fingerprint density at radius 1 is 1.11 bits per heavy atom. The minimum Gasteiger partial charge on any atom is -0.423 e. The monoisotopic (exact) mass is 272 g/mol. The first-order chi connectivity index (χ1) is 9.15. The van der Waals surface area contributed by atoms with Crippen LogP contribution in [0.4, 0.5) is 4.39 Å². The van der Waals surface area contributed by atoms with Crippen LogP contribution in [0.15, 0.2) is 18.2 Å². The third-order valence-electron chi connectivity index (χ3n) is 2.44. The maximum atomic E-state index is 13.5. The fraction of sp³-hybridized carbons (Fsp3) is 0.500. The summed E-state index contributed by atoms with van der Waals surface area (Å²) in [6, 6.07) is 4.00. The molecule has 1 aromatic carbocycles. The Balaban J connectivity index is 2.26. The number of halogens is 1. The van der Waals surface area contributed by atoms with E-state index in [4.69, 9.17) is 24.3 Å². The quantitative estimate of drug-likeness (QED) is 0.476. The summed E-state index contributed by atoms with van der Waals surface area (Å²) in [6.45, 7) is 1.91. The first kappa shape index (κ1) is 16.1. The largest absolute Gasteiger partial charge is 0.488 e. The van der Waals surface area contributed by atoms with Crippen LogP contribution in [0.5, 0.6) is 0 Å². The van der Waals surface area contributed by atoms with Gasteiger partial charge in [0.25, 0.3) is 0 Å². The lowest BCUT2D eigenvalue weighted by atomic mass is 9.80. The average molecular weight is 272 g/mol. The van der Waals surface area contributed by atoms with Gasteiger partial charge in [0.2, 0.25) is 0 Å². The van der Waals surface area contributed by atoms with E-state index in [-0.39, 0.29) is 12.1 Å². The van der Waals surface area contributed by atoms with Crippen LogP contribution in [-0.2, 0) is 20.8 Å². The summed E-state index contributed by atoms with van der Waals surface area (Å²) in [6.07, 6.45) is 0. The average Bonchev–Trinajstić information content (AvgIpc) is 2.39. The topological polar surface area (TPSA) is 68.2 Å². The molecule has 0 aliphatic carbocycles. The third-order valence-corrected chi connectivity index (χ3v) is 2.44. The standard InChI is InChI=1S/C12H18BFO5/c1-17-4-5-18-6-7-19-9-10-2-3-11(13(15)16)8-12(10)14/h2-3,8,15-16H,4-7,9H2,1H3. The predicted octanol–water partition coefficient (Wildman–Crippen LogP) is -0.315. The molecule has 0 bridgehead atoms. The Morgan fingerprint density at radius 2 is 1.79 bits per heavy atom. The zero-order chi connectivity index (χ0) is 14.1. The SMILES string of the molecule is COCCOCCOCc1ccc(B(O)O)cc1F. The first-order valence-electron chi connectivity index (χ1n) is 5.94. The maximum absolute atomic E-state index is 13.5. The molecule has 0 radical (unpaired) electrons. The number of hydrogen-bond donors (Lipinski definition) is 2. The summed E-state index contributed by atoms with van der Waals surface area (Å²) in [5.74, 6) is -0.522. The van der Waals surface area contributed by atoms with E-state index in [1.54, 1.807) is 7.11 Å². The van der Waals surface area contributed by atoms with Crippen molar-refractivity contribution in [3.8, 4) is 0 Å². The van der Waals surface area contributed by atoms with Crippen molar-refractivity contribution >= 4 is 12.6 Å². The Bertz CT molecular complexity index is 375. The molecule has 0 spiro atoms. The normalized spacial score (nSPS) is 10.7. The molecule has 0 fully saturated rings. The van der Waals surface area contributed by atoms with Crippen LogP contribution in [0.25, 0.3) is 0 Å². The Hall–Kier alpha value is -0.985. The van der Waals surface area contributed by atoms with Crippen molar-refractivity contribution in [2.45, 2.75) is 6.61 Å². The molecule has 0 amide bonds. The van der Waals surface area contributed by atoms with Crippen molar-refractivity contribution in [1.29, 1.82) is 0 Å². The highest BCUT2D eigenvalue weighted by molar-refractivity contribution is 6.58. The second-order valence-electron chi connectivity index (χ2n) is 3.88. The van der Waals surface area contributed by atoms with Gasteiger partial charge in [0.1, 0.15) is 5.82 Å². The van der Waals surface area contributed by atoms with Gasteiger partial charge < -0.3 is 24.3 Å². The van der Waals surface area contributed by atoms with Gasteiger partial charge in [-0.2, -0.15) is 0 Å². The second kappa shape index (κ2) is 9.00. The number of methoxy groups -OCH3 is 1. The van der Waals surface area contributed by atoms with Gasteiger partial charge in [0.05, 0.1) is 33.0 Å². The molecule has 7 heteroatoms. The molecule has 106 valence electrons. The molecule has 0 saturated heterocycles. The van der Waals surface area contributed by atoms with Gasteiger partial charge in [0.15, 0.2) is 0 Å². The molecule has 0 aliphatic rings. The van der Waals surface area contributed by atoms with Crippen LogP contribution < -0.4 is 5.46 Å². The maximum Gasteiger partial charge on any atom is 0.488 e. The molecule has 0 saturated carbocycles. The van der Waals surface area contributed by atoms with Crippen LogP contribution >= 0.6 is 0 Å². The third kappa shape index (κ3) is 6.13. The summed E-state index contributed by atoms with van der Waals surface area (Å²) in [4.78, 5) is 0. The zero-order valence-corrected chi connectivity index (χ0v) is 10.8. The minimum atomic E-state index is -1.67. The van der Waals surface area contributed by atoms with E-state index in [1.165, 1.54) is 12.1 Å². The molecule has 0 aliphatic heterocycles. The molecular formula is C12H18BFO5. The minimum absolute atomic E-state index is 0.112. The van der Waals surface area contributed by atoms with Crippen molar-refractivity contribution in [2.24, 2.45) is 0 Å². The van der Waals surface area contributed by atoms with Crippen molar-refractivity contribution in [1.82, 2.24) is 0 Å². The number of benzene rings is 1. The van der Waals surface area contributed by atoms with Gasteiger partial charge >= 0.3 is 7.12 Å². The number of hydrogen-bond acceptors (Lipinski definition) is 5. The second-order valence-corrected chi connectivity index (χ2v) is 3.88. The molecule has 1 rings (SSSR count). The first-order valence-corrected chi connectivity index (χ1v) is 5.94. The van der Waals surface area contributed by atoms with Crippen LogP contribution in [0.3, 0.4) is 0 Å². The van der Waals surface area contributed by atoms with E-state index in [0.29, 0.717) is 32.0 Å². The Labute approximate surface area is 112 Å². The highest BCUT2D eigenvalue weighted by atomic mass is 19.1. The van der Waals surface area contributed by atoms with E-state index >= 15 is 0 Å². The molecular weight excluding hydrogens is 254 g/mol. The Kier molecular flexibility index (Phi) is 7.62. The molecule has 5 nitrogen and oxygen atoms in total. The lowest BCUT2D eigenvalue weighted by molar-refractivity contribution is 0.0194. The van der Waals surface area contributed by atoms with Gasteiger partial charge in [-0.25, -0.2) is 4.39 Å². The van der Waals surface area contributed by atoms with Crippen molar-refractivity contribution < 1.29 is 28.6 Å². The number of ether oxygens (including phenoxy) is 3. The summed E-state index contributed by atoms with van der Waals surface area (Å²) < 4.78 is 28.8. The van der Waals surface area contributed by atoms with Gasteiger partial charge in [-0.05, 0) is 11.5 Å². The molecule has 19 heavy (non-hydrogen) atoms. The van der Waals surface area contributed by atoms with Crippen LogP contribution in [0, 0.1) is 5.82 Å². The number of rotatable bonds is 9. The summed E-state index contributed by atoms with van der Waals surface area (Å²) in [7, 11) is -0.0750. The van der Waals surface area contributed by atoms with E-state index in [2.05, 4.69) is 0 Å². The highest BCUT2D eigenvalue weighted by Crippen LogP contribution is 2.06. The van der Waals surface area contributed by atoms with Gasteiger partial charge in [-0.3, -0.25) is 0 Å². The lowest BCUT2D eigenvalue weighted by Crippen LogP contribution is -2.30. The summed E-state index contributed by atoms with van der Waals surface area (Å²) in [5.41, 5.74) is 0.477. The van der Waals surface area contributed by atoms with Crippen molar-refractivity contribution in [3.05, 3.63) is 29.6 Å². The van der Waals surface area contributed by atoms with Crippen LogP contribution in [0.1, 0.15) is 5.56 Å². The van der Waals surface area contributed by atoms with Gasteiger partial charge in [-0.1, -0.05) is 12.1 Å². The molecule has 0 heterocycles. The fourth-order valence-electron chi connectivity index (χ4n) is 1.39. The summed E-state index contributed by atoms with van der Waals surface area (Å²) >= 11 is 0. The van der Waals surface area contributed by atoms with Crippen molar-refractivity contribution in [3.63, 3.8) is 0 Å². The Morgan fingerprint density at radius 3 is 2.42 bits per heavy atom. The molecule has 0 aromatic heterocycles. The predicted molar refractivity (Wildman–Crippen MR) is 68.6 cm³/mol. The van der Waals surface area contributed by atoms with E-state index in [9.17, 15) is 4.39 Å². The van der Waals surface area contributed by atoms with Crippen LogP contribution in [0.2, 0.25) is 0 Å². The van der Waals surface area contributed by atoms with E-state index in [0.717, 1.165) is 6.07 Å². The highest BCUT2D eigenvalue weighted by Gasteiger charge is 2.13. The van der Waals surface area contributed by atoms with E-state index < -0.39 is 12.9 Å². The summed E-state index contributed by atoms with van der Waals surface area (Å²) in [5, 5.41) is 17.8. The van der Waals surface area contributed by atoms with Gasteiger partial charge in [-0.15, -0.1) is 0 Å². The van der Waals surface area contributed by atoms with Crippen molar-refractivity contribution in [2.75, 3.05) is 33.5 Å². The smallest absolute Gasteiger partial charge is 0.423 e. The molecule has 0 atom stereocenters. The zero-order valence-electron chi connectivity index (χ0n) is 10.8. The lowest BCUT2D eigenvalue weighted by Gasteiger charge is -2.07.